The molecule has 3 N–H and O–H groups in total. The second kappa shape index (κ2) is 4.52. The Labute approximate surface area is 118 Å². The minimum absolute atomic E-state index is 0.0594. The number of aryl methyl sites for hydroxylation is 1. The van der Waals surface area contributed by atoms with Crippen LogP contribution in [-0.4, -0.2) is 29.8 Å². The van der Waals surface area contributed by atoms with Crippen LogP contribution < -0.4 is 11.1 Å². The van der Waals surface area contributed by atoms with Crippen LogP contribution in [0.25, 0.3) is 0 Å². The van der Waals surface area contributed by atoms with Crippen LogP contribution in [0, 0.1) is 18.3 Å². The Morgan fingerprint density at radius 1 is 1.58 bits per heavy atom. The molecule has 1 saturated carbocycles. The monoisotopic (exact) mass is 281 g/mol. The van der Waals surface area contributed by atoms with Gasteiger partial charge in [-0.3, -0.25) is 0 Å². The Morgan fingerprint density at radius 2 is 2.37 bits per heavy atom. The van der Waals surface area contributed by atoms with Crippen molar-refractivity contribution in [3.05, 3.63) is 16.1 Å². The van der Waals surface area contributed by atoms with Crippen LogP contribution in [0.5, 0.6) is 0 Å². The molecule has 0 spiro atoms. The molecule has 2 aliphatic rings. The third kappa shape index (κ3) is 1.87. The lowest BCUT2D eigenvalue weighted by Crippen LogP contribution is -2.77. The maximum Gasteiger partial charge on any atom is 0.0798 e. The largest absolute Gasteiger partial charge is 0.377 e. The second-order valence-corrected chi connectivity index (χ2v) is 7.35. The Bertz CT molecular complexity index is 473. The van der Waals surface area contributed by atoms with E-state index in [0.29, 0.717) is 12.0 Å². The molecule has 1 aromatic rings. The number of aromatic nitrogens is 1. The van der Waals surface area contributed by atoms with E-state index in [-0.39, 0.29) is 11.0 Å². The third-order valence-electron chi connectivity index (χ3n) is 5.21. The molecule has 3 rings (SSSR count). The molecule has 1 aliphatic heterocycles. The van der Waals surface area contributed by atoms with Crippen LogP contribution in [0.15, 0.2) is 5.51 Å². The highest BCUT2D eigenvalue weighted by Gasteiger charge is 2.67. The average molecular weight is 281 g/mol. The highest BCUT2D eigenvalue weighted by atomic mass is 32.1. The maximum atomic E-state index is 6.69. The number of fused-ring (bicyclic) bond motifs is 1. The van der Waals surface area contributed by atoms with Crippen molar-refractivity contribution in [3.63, 3.8) is 0 Å². The third-order valence-corrected chi connectivity index (χ3v) is 6.15. The lowest BCUT2D eigenvalue weighted by molar-refractivity contribution is -0.153. The molecule has 0 aromatic carbocycles. The van der Waals surface area contributed by atoms with Crippen LogP contribution in [-0.2, 0) is 11.3 Å². The number of nitrogens with two attached hydrogens (primary N) is 1. The van der Waals surface area contributed by atoms with Gasteiger partial charge in [-0.2, -0.15) is 0 Å². The molecule has 0 bridgehead atoms. The van der Waals surface area contributed by atoms with Gasteiger partial charge in [-0.05, 0) is 13.3 Å². The molecule has 106 valence electrons. The van der Waals surface area contributed by atoms with Crippen molar-refractivity contribution in [1.29, 1.82) is 0 Å². The summed E-state index contributed by atoms with van der Waals surface area (Å²) in [6.45, 7) is 9.11. The average Bonchev–Trinajstić information content (AvgIpc) is 2.97. The van der Waals surface area contributed by atoms with Crippen molar-refractivity contribution >= 4 is 11.3 Å². The molecule has 2 fully saturated rings. The zero-order valence-corrected chi connectivity index (χ0v) is 12.7. The van der Waals surface area contributed by atoms with E-state index in [4.69, 9.17) is 10.5 Å². The first-order valence-corrected chi connectivity index (χ1v) is 7.85. The predicted molar refractivity (Wildman–Crippen MR) is 77.1 cm³/mol. The summed E-state index contributed by atoms with van der Waals surface area (Å²) in [4.78, 5) is 5.58. The molecular formula is C14H23N3OS. The van der Waals surface area contributed by atoms with E-state index in [1.54, 1.807) is 11.3 Å². The quantitative estimate of drug-likeness (QED) is 0.881. The molecule has 5 heteroatoms. The molecule has 1 aliphatic carbocycles. The summed E-state index contributed by atoms with van der Waals surface area (Å²) >= 11 is 1.71. The molecule has 1 aromatic heterocycles. The van der Waals surface area contributed by atoms with E-state index >= 15 is 0 Å². The first-order valence-electron chi connectivity index (χ1n) is 6.97. The van der Waals surface area contributed by atoms with Crippen LogP contribution in [0.3, 0.4) is 0 Å². The smallest absolute Gasteiger partial charge is 0.0798 e. The van der Waals surface area contributed by atoms with Crippen LogP contribution in [0.4, 0.5) is 0 Å². The Morgan fingerprint density at radius 3 is 3.05 bits per heavy atom. The van der Waals surface area contributed by atoms with E-state index in [1.165, 1.54) is 4.88 Å². The molecule has 0 amide bonds. The SMILES string of the molecule is Cc1ncsc1CNCC1(N)C2CCOC2C1(C)C. The summed E-state index contributed by atoms with van der Waals surface area (Å²) in [7, 11) is 0. The van der Waals surface area contributed by atoms with Gasteiger partial charge in [0.25, 0.3) is 0 Å². The zero-order chi connectivity index (χ0) is 13.7. The fourth-order valence-electron chi connectivity index (χ4n) is 3.71. The van der Waals surface area contributed by atoms with Crippen molar-refractivity contribution in [3.8, 4) is 0 Å². The highest BCUT2D eigenvalue weighted by molar-refractivity contribution is 7.09. The van der Waals surface area contributed by atoms with Crippen LogP contribution in [0.1, 0.15) is 30.8 Å². The topological polar surface area (TPSA) is 60.2 Å². The summed E-state index contributed by atoms with van der Waals surface area (Å²) in [5.74, 6) is 0.512. The number of hydrogen-bond donors (Lipinski definition) is 2. The van der Waals surface area contributed by atoms with Crippen molar-refractivity contribution in [2.75, 3.05) is 13.2 Å². The van der Waals surface area contributed by atoms with Gasteiger partial charge in [0.1, 0.15) is 0 Å². The lowest BCUT2D eigenvalue weighted by atomic mass is 9.48. The van der Waals surface area contributed by atoms with Crippen molar-refractivity contribution in [2.45, 2.75) is 45.4 Å². The molecule has 3 unspecified atom stereocenters. The van der Waals surface area contributed by atoms with Crippen molar-refractivity contribution in [1.82, 2.24) is 10.3 Å². The van der Waals surface area contributed by atoms with E-state index in [2.05, 4.69) is 31.1 Å². The maximum absolute atomic E-state index is 6.69. The van der Waals surface area contributed by atoms with Gasteiger partial charge in [0.2, 0.25) is 0 Å². The van der Waals surface area contributed by atoms with Gasteiger partial charge < -0.3 is 15.8 Å². The van der Waals surface area contributed by atoms with E-state index in [0.717, 1.165) is 31.8 Å². The molecule has 3 atom stereocenters. The van der Waals surface area contributed by atoms with Gasteiger partial charge in [0, 0.05) is 41.4 Å². The summed E-state index contributed by atoms with van der Waals surface area (Å²) in [6, 6.07) is 0. The Hall–Kier alpha value is -0.490. The van der Waals surface area contributed by atoms with Crippen LogP contribution >= 0.6 is 11.3 Å². The number of nitrogens with zero attached hydrogens (tertiary/aromatic N) is 1. The second-order valence-electron chi connectivity index (χ2n) is 6.41. The predicted octanol–water partition coefficient (Wildman–Crippen LogP) is 1.68. The fourth-order valence-corrected chi connectivity index (χ4v) is 4.46. The van der Waals surface area contributed by atoms with Gasteiger partial charge in [0.15, 0.2) is 0 Å². The lowest BCUT2D eigenvalue weighted by Gasteiger charge is -2.62. The van der Waals surface area contributed by atoms with E-state index in [1.807, 2.05) is 5.51 Å². The first-order chi connectivity index (χ1) is 8.97. The highest BCUT2D eigenvalue weighted by Crippen LogP contribution is 2.57. The number of thiazole rings is 1. The zero-order valence-electron chi connectivity index (χ0n) is 11.9. The number of ether oxygens (including phenoxy) is 1. The molecule has 1 saturated heterocycles. The molecule has 4 nitrogen and oxygen atoms in total. The summed E-state index contributed by atoms with van der Waals surface area (Å²) in [6.07, 6.45) is 1.45. The first kappa shape index (κ1) is 13.5. The standard InChI is InChI=1S/C14H23N3OS/c1-9-11(19-8-17-9)6-16-7-14(15)10-4-5-18-12(10)13(14,2)3/h8,10,12,16H,4-7,15H2,1-3H3. The summed E-state index contributed by atoms with van der Waals surface area (Å²) < 4.78 is 5.82. The Kier molecular flexibility index (Phi) is 3.21. The van der Waals surface area contributed by atoms with Gasteiger partial charge in [-0.25, -0.2) is 4.98 Å². The molecule has 19 heavy (non-hydrogen) atoms. The van der Waals surface area contributed by atoms with E-state index < -0.39 is 0 Å². The number of nitrogens with one attached hydrogen (secondary N) is 1. The van der Waals surface area contributed by atoms with Gasteiger partial charge >= 0.3 is 0 Å². The fraction of sp³-hybridized carbons (Fsp3) is 0.786. The van der Waals surface area contributed by atoms with Crippen molar-refractivity contribution < 1.29 is 4.74 Å². The molecule has 0 radical (unpaired) electrons. The van der Waals surface area contributed by atoms with Gasteiger partial charge in [0.05, 0.1) is 17.3 Å². The minimum Gasteiger partial charge on any atom is -0.377 e. The summed E-state index contributed by atoms with van der Waals surface area (Å²) in [5.41, 5.74) is 9.63. The Balaban J connectivity index is 1.62. The van der Waals surface area contributed by atoms with E-state index in [9.17, 15) is 0 Å². The number of hydrogen-bond acceptors (Lipinski definition) is 5. The molecule has 2 heterocycles. The normalized spacial score (nSPS) is 36.0. The van der Waals surface area contributed by atoms with Crippen molar-refractivity contribution in [2.24, 2.45) is 17.1 Å². The van der Waals surface area contributed by atoms with Gasteiger partial charge in [-0.1, -0.05) is 13.8 Å². The minimum atomic E-state index is -0.146. The van der Waals surface area contributed by atoms with Gasteiger partial charge in [-0.15, -0.1) is 11.3 Å². The number of rotatable bonds is 4. The van der Waals surface area contributed by atoms with Crippen LogP contribution in [0.2, 0.25) is 0 Å². The summed E-state index contributed by atoms with van der Waals surface area (Å²) in [5, 5.41) is 3.53. The molecular weight excluding hydrogens is 258 g/mol.